The van der Waals surface area contributed by atoms with Crippen LogP contribution in [0.5, 0.6) is 5.75 Å². The average Bonchev–Trinajstić information content (AvgIpc) is 2.40. The molecule has 1 aromatic rings. The smallest absolute Gasteiger partial charge is 0.119 e. The van der Waals surface area contributed by atoms with Gasteiger partial charge in [-0.3, -0.25) is 0 Å². The first-order valence-corrected chi connectivity index (χ1v) is 6.44. The van der Waals surface area contributed by atoms with Crippen LogP contribution in [0.3, 0.4) is 0 Å². The Morgan fingerprint density at radius 1 is 1.24 bits per heavy atom. The van der Waals surface area contributed by atoms with Gasteiger partial charge >= 0.3 is 0 Å². The molecule has 1 aromatic carbocycles. The quantitative estimate of drug-likeness (QED) is 0.867. The van der Waals surface area contributed by atoms with Crippen LogP contribution in [0.4, 0.5) is 0 Å². The lowest BCUT2D eigenvalue weighted by Crippen LogP contribution is -2.42. The second kappa shape index (κ2) is 6.03. The van der Waals surface area contributed by atoms with Crippen molar-refractivity contribution in [3.8, 4) is 5.75 Å². The van der Waals surface area contributed by atoms with E-state index < -0.39 is 0 Å². The van der Waals surface area contributed by atoms with Gasteiger partial charge in [0.05, 0.1) is 7.11 Å². The van der Waals surface area contributed by atoms with Crippen LogP contribution in [0.2, 0.25) is 0 Å². The fourth-order valence-corrected chi connectivity index (χ4v) is 2.28. The Balaban J connectivity index is 1.95. The minimum atomic E-state index is 0.336. The number of hydrazine groups is 1. The number of benzene rings is 1. The van der Waals surface area contributed by atoms with Crippen LogP contribution in [0.25, 0.3) is 0 Å². The molecule has 1 fully saturated rings. The van der Waals surface area contributed by atoms with Crippen molar-refractivity contribution in [3.05, 3.63) is 29.8 Å². The Morgan fingerprint density at radius 2 is 2.00 bits per heavy atom. The van der Waals surface area contributed by atoms with E-state index in [1.54, 1.807) is 7.11 Å². The molecule has 17 heavy (non-hydrogen) atoms. The molecule has 0 aromatic heterocycles. The number of nitrogens with zero attached hydrogens (tertiary/aromatic N) is 1. The number of rotatable bonds is 4. The number of hydrogen-bond acceptors (Lipinski definition) is 3. The molecule has 1 saturated heterocycles. The van der Waals surface area contributed by atoms with Crippen molar-refractivity contribution in [1.29, 1.82) is 0 Å². The molecule has 2 rings (SSSR count). The third-order valence-electron chi connectivity index (χ3n) is 3.33. The lowest BCUT2D eigenvalue weighted by atomic mass is 10.1. The molecular weight excluding hydrogens is 212 g/mol. The van der Waals surface area contributed by atoms with Gasteiger partial charge < -0.3 is 4.74 Å². The summed E-state index contributed by atoms with van der Waals surface area (Å²) in [7, 11) is 1.71. The summed E-state index contributed by atoms with van der Waals surface area (Å²) >= 11 is 0. The van der Waals surface area contributed by atoms with Crippen LogP contribution >= 0.6 is 0 Å². The Bertz CT molecular complexity index is 348. The van der Waals surface area contributed by atoms with Crippen molar-refractivity contribution in [2.24, 2.45) is 0 Å². The molecule has 0 amide bonds. The van der Waals surface area contributed by atoms with Gasteiger partial charge in [-0.1, -0.05) is 18.6 Å². The lowest BCUT2D eigenvalue weighted by Gasteiger charge is -2.30. The van der Waals surface area contributed by atoms with Crippen molar-refractivity contribution >= 4 is 0 Å². The number of methoxy groups -OCH3 is 1. The molecule has 3 heteroatoms. The molecule has 1 unspecified atom stereocenters. The summed E-state index contributed by atoms with van der Waals surface area (Å²) in [4.78, 5) is 0. The highest BCUT2D eigenvalue weighted by Crippen LogP contribution is 2.19. The Labute approximate surface area is 104 Å². The molecule has 0 bridgehead atoms. The van der Waals surface area contributed by atoms with E-state index in [1.807, 2.05) is 12.1 Å². The first-order valence-electron chi connectivity index (χ1n) is 6.44. The summed E-state index contributed by atoms with van der Waals surface area (Å²) in [5.74, 6) is 0.926. The standard InChI is InChI=1S/C14H22N2O/c1-12(15-16-9-4-3-5-10-16)13-7-6-8-14(11-13)17-2/h6-8,11-12,15H,3-5,9-10H2,1-2H3. The van der Waals surface area contributed by atoms with Crippen molar-refractivity contribution in [1.82, 2.24) is 10.4 Å². The fraction of sp³-hybridized carbons (Fsp3) is 0.571. The highest BCUT2D eigenvalue weighted by molar-refractivity contribution is 5.30. The second-order valence-electron chi connectivity index (χ2n) is 4.68. The first kappa shape index (κ1) is 12.4. The van der Waals surface area contributed by atoms with E-state index in [1.165, 1.54) is 24.8 Å². The molecule has 0 spiro atoms. The number of ether oxygens (including phenoxy) is 1. The normalized spacial score (nSPS) is 18.9. The molecule has 0 radical (unpaired) electrons. The Kier molecular flexibility index (Phi) is 4.40. The zero-order chi connectivity index (χ0) is 12.1. The molecule has 1 atom stereocenters. The fourth-order valence-electron chi connectivity index (χ4n) is 2.28. The lowest BCUT2D eigenvalue weighted by molar-refractivity contribution is 0.133. The summed E-state index contributed by atoms with van der Waals surface area (Å²) in [6.45, 7) is 4.52. The van der Waals surface area contributed by atoms with E-state index in [4.69, 9.17) is 4.74 Å². The molecule has 3 nitrogen and oxygen atoms in total. The van der Waals surface area contributed by atoms with Gasteiger partial charge in [-0.2, -0.15) is 0 Å². The van der Waals surface area contributed by atoms with E-state index in [0.29, 0.717) is 6.04 Å². The topological polar surface area (TPSA) is 24.5 Å². The van der Waals surface area contributed by atoms with Gasteiger partial charge in [0.1, 0.15) is 5.75 Å². The number of hydrogen-bond donors (Lipinski definition) is 1. The van der Waals surface area contributed by atoms with Crippen LogP contribution in [0, 0.1) is 0 Å². The summed E-state index contributed by atoms with van der Waals surface area (Å²) in [5.41, 5.74) is 4.84. The maximum atomic E-state index is 5.25. The van der Waals surface area contributed by atoms with E-state index in [0.717, 1.165) is 18.8 Å². The van der Waals surface area contributed by atoms with Gasteiger partial charge in [0.2, 0.25) is 0 Å². The van der Waals surface area contributed by atoms with Crippen LogP contribution < -0.4 is 10.2 Å². The molecule has 1 aliphatic rings. The third kappa shape index (κ3) is 3.45. The van der Waals surface area contributed by atoms with E-state index >= 15 is 0 Å². The molecule has 1 N–H and O–H groups in total. The average molecular weight is 234 g/mol. The highest BCUT2D eigenvalue weighted by atomic mass is 16.5. The SMILES string of the molecule is COc1cccc(C(C)NN2CCCCC2)c1. The van der Waals surface area contributed by atoms with Crippen molar-refractivity contribution in [2.75, 3.05) is 20.2 Å². The summed E-state index contributed by atoms with van der Waals surface area (Å²) in [6, 6.07) is 8.61. The van der Waals surface area contributed by atoms with Crippen molar-refractivity contribution < 1.29 is 4.74 Å². The van der Waals surface area contributed by atoms with Gasteiger partial charge in [0, 0.05) is 19.1 Å². The predicted octanol–water partition coefficient (Wildman–Crippen LogP) is 2.75. The van der Waals surface area contributed by atoms with Crippen molar-refractivity contribution in [3.63, 3.8) is 0 Å². The first-order chi connectivity index (χ1) is 8.29. The Morgan fingerprint density at radius 3 is 2.71 bits per heavy atom. The monoisotopic (exact) mass is 234 g/mol. The van der Waals surface area contributed by atoms with Gasteiger partial charge in [-0.15, -0.1) is 0 Å². The second-order valence-corrected chi connectivity index (χ2v) is 4.68. The van der Waals surface area contributed by atoms with Crippen LogP contribution in [0.1, 0.15) is 37.8 Å². The Hall–Kier alpha value is -1.06. The van der Waals surface area contributed by atoms with Gasteiger partial charge in [-0.05, 0) is 37.5 Å². The van der Waals surface area contributed by atoms with Gasteiger partial charge in [0.15, 0.2) is 0 Å². The molecule has 1 aliphatic heterocycles. The largest absolute Gasteiger partial charge is 0.497 e. The molecule has 1 heterocycles. The number of nitrogens with one attached hydrogen (secondary N) is 1. The highest BCUT2D eigenvalue weighted by Gasteiger charge is 2.13. The predicted molar refractivity (Wildman–Crippen MR) is 70.0 cm³/mol. The third-order valence-corrected chi connectivity index (χ3v) is 3.33. The van der Waals surface area contributed by atoms with E-state index in [9.17, 15) is 0 Å². The van der Waals surface area contributed by atoms with Crippen LogP contribution in [-0.2, 0) is 0 Å². The minimum Gasteiger partial charge on any atom is -0.497 e. The maximum absolute atomic E-state index is 5.25. The van der Waals surface area contributed by atoms with Crippen LogP contribution in [-0.4, -0.2) is 25.2 Å². The molecular formula is C14H22N2O. The summed E-state index contributed by atoms with van der Waals surface area (Å²) < 4.78 is 5.25. The van der Waals surface area contributed by atoms with Crippen molar-refractivity contribution in [2.45, 2.75) is 32.2 Å². The molecule has 0 aliphatic carbocycles. The van der Waals surface area contributed by atoms with E-state index in [-0.39, 0.29) is 0 Å². The molecule has 94 valence electrons. The van der Waals surface area contributed by atoms with E-state index in [2.05, 4.69) is 29.5 Å². The van der Waals surface area contributed by atoms with Gasteiger partial charge in [0.25, 0.3) is 0 Å². The summed E-state index contributed by atoms with van der Waals surface area (Å²) in [5, 5.41) is 2.34. The maximum Gasteiger partial charge on any atom is 0.119 e. The van der Waals surface area contributed by atoms with Crippen LogP contribution in [0.15, 0.2) is 24.3 Å². The zero-order valence-corrected chi connectivity index (χ0v) is 10.8. The minimum absolute atomic E-state index is 0.336. The molecule has 0 saturated carbocycles. The summed E-state index contributed by atoms with van der Waals surface area (Å²) in [6.07, 6.45) is 3.97. The zero-order valence-electron chi connectivity index (χ0n) is 10.8. The van der Waals surface area contributed by atoms with Gasteiger partial charge in [-0.25, -0.2) is 10.4 Å². The number of piperidine rings is 1.